The minimum Gasteiger partial charge on any atom is -0.382 e. The van der Waals surface area contributed by atoms with Crippen molar-refractivity contribution in [2.24, 2.45) is 17.0 Å². The van der Waals surface area contributed by atoms with E-state index in [0.29, 0.717) is 12.0 Å². The van der Waals surface area contributed by atoms with E-state index in [2.05, 4.69) is 96.5 Å². The topological polar surface area (TPSA) is 36.9 Å². The average Bonchev–Trinajstić information content (AvgIpc) is 2.91. The van der Waals surface area contributed by atoms with Crippen molar-refractivity contribution in [1.29, 1.82) is 0 Å². The Balaban J connectivity index is 1.24. The second kappa shape index (κ2) is 14.3. The molecule has 1 aliphatic heterocycles. The van der Waals surface area contributed by atoms with Crippen LogP contribution in [0.2, 0.25) is 0 Å². The zero-order valence-corrected chi connectivity index (χ0v) is 23.8. The van der Waals surface area contributed by atoms with E-state index in [1.54, 1.807) is 0 Å². The molecule has 4 rings (SSSR count). The van der Waals surface area contributed by atoms with Crippen molar-refractivity contribution >= 4 is 5.71 Å². The predicted octanol–water partition coefficient (Wildman–Crippen LogP) is 7.97. The minimum atomic E-state index is 0.358. The van der Waals surface area contributed by atoms with Crippen molar-refractivity contribution in [2.75, 3.05) is 19.6 Å². The van der Waals surface area contributed by atoms with Crippen LogP contribution in [0.5, 0.6) is 0 Å². The van der Waals surface area contributed by atoms with Crippen molar-refractivity contribution in [3.05, 3.63) is 95.4 Å². The molecule has 1 saturated carbocycles. The van der Waals surface area contributed by atoms with Gasteiger partial charge in [-0.3, -0.25) is 0 Å². The molecule has 2 aromatic rings. The van der Waals surface area contributed by atoms with Gasteiger partial charge in [0.25, 0.3) is 0 Å². The van der Waals surface area contributed by atoms with E-state index in [9.17, 15) is 0 Å². The number of aryl methyl sites for hydroxylation is 1. The highest BCUT2D eigenvalue weighted by Gasteiger charge is 2.26. The van der Waals surface area contributed by atoms with Gasteiger partial charge in [-0.25, -0.2) is 0 Å². The fourth-order valence-corrected chi connectivity index (χ4v) is 5.53. The van der Waals surface area contributed by atoms with Crippen LogP contribution in [0.4, 0.5) is 0 Å². The largest absolute Gasteiger partial charge is 0.382 e. The van der Waals surface area contributed by atoms with Gasteiger partial charge in [-0.1, -0.05) is 91.3 Å². The van der Waals surface area contributed by atoms with Gasteiger partial charge in [-0.15, -0.1) is 0 Å². The standard InChI is InChI=1S/C34H47N3O/c1-5-10-33(32-13-9-14-32)35-34(31-11-7-6-8-12-31)21-24-37-22-19-30(20-23-37)28(4)38-36-27(3)25-29-17-15-26(2)16-18-29/h6-8,10-12,15-18,30,32,34-35H,4-5,9,13-14,19-25H2,1-3H3/b33-10+,36-27+. The number of hydrogen-bond donors (Lipinski definition) is 1. The summed E-state index contributed by atoms with van der Waals surface area (Å²) in [6, 6.07) is 20.0. The molecule has 1 aliphatic carbocycles. The molecule has 0 amide bonds. The number of piperidine rings is 1. The van der Waals surface area contributed by atoms with Crippen molar-refractivity contribution < 1.29 is 4.84 Å². The lowest BCUT2D eigenvalue weighted by atomic mass is 9.82. The Kier molecular flexibility index (Phi) is 10.6. The first kappa shape index (κ1) is 28.2. The molecule has 1 unspecified atom stereocenters. The van der Waals surface area contributed by atoms with Crippen LogP contribution in [-0.2, 0) is 11.3 Å². The predicted molar refractivity (Wildman–Crippen MR) is 160 cm³/mol. The zero-order chi connectivity index (χ0) is 26.7. The van der Waals surface area contributed by atoms with Gasteiger partial charge in [0, 0.05) is 24.6 Å². The van der Waals surface area contributed by atoms with Crippen LogP contribution in [0, 0.1) is 18.8 Å². The summed E-state index contributed by atoms with van der Waals surface area (Å²) in [5, 5.41) is 8.36. The molecular formula is C34H47N3O. The average molecular weight is 514 g/mol. The SMILES string of the molecule is C=C(O/N=C(\C)Cc1ccc(C)cc1)C1CCN(CCC(N/C(=C/CC)C2CCC2)c2ccccc2)CC1. The Hall–Kier alpha value is -2.85. The van der Waals surface area contributed by atoms with Gasteiger partial charge in [0.2, 0.25) is 0 Å². The van der Waals surface area contributed by atoms with Crippen LogP contribution in [0.1, 0.15) is 81.5 Å². The highest BCUT2D eigenvalue weighted by atomic mass is 16.6. The molecule has 1 atom stereocenters. The third kappa shape index (κ3) is 8.33. The minimum absolute atomic E-state index is 0.358. The first-order chi connectivity index (χ1) is 18.5. The van der Waals surface area contributed by atoms with Crippen LogP contribution in [0.15, 0.2) is 83.9 Å². The first-order valence-electron chi connectivity index (χ1n) is 14.7. The molecule has 204 valence electrons. The number of rotatable bonds is 13. The summed E-state index contributed by atoms with van der Waals surface area (Å²) in [5.74, 6) is 1.92. The fraction of sp³-hybridized carbons (Fsp3) is 0.500. The normalized spacial score (nSPS) is 18.6. The quantitative estimate of drug-likeness (QED) is 0.168. The summed E-state index contributed by atoms with van der Waals surface area (Å²) in [5.41, 5.74) is 6.37. The number of nitrogens with one attached hydrogen (secondary N) is 1. The molecule has 0 radical (unpaired) electrons. The van der Waals surface area contributed by atoms with Crippen LogP contribution in [-0.4, -0.2) is 30.2 Å². The molecule has 4 heteroatoms. The Labute approximate surface area is 230 Å². The third-order valence-corrected chi connectivity index (χ3v) is 8.19. The van der Waals surface area contributed by atoms with Gasteiger partial charge in [0.1, 0.15) is 5.76 Å². The summed E-state index contributed by atoms with van der Waals surface area (Å²) in [6.45, 7) is 13.9. The summed E-state index contributed by atoms with van der Waals surface area (Å²) < 4.78 is 0. The number of allylic oxidation sites excluding steroid dienone is 3. The summed E-state index contributed by atoms with van der Waals surface area (Å²) >= 11 is 0. The Morgan fingerprint density at radius 3 is 2.39 bits per heavy atom. The van der Waals surface area contributed by atoms with E-state index in [0.717, 1.165) is 69.1 Å². The molecule has 2 fully saturated rings. The van der Waals surface area contributed by atoms with Crippen molar-refractivity contribution in [2.45, 2.75) is 78.2 Å². The maximum absolute atomic E-state index is 5.79. The van der Waals surface area contributed by atoms with E-state index in [-0.39, 0.29) is 0 Å². The zero-order valence-electron chi connectivity index (χ0n) is 23.8. The van der Waals surface area contributed by atoms with E-state index >= 15 is 0 Å². The maximum atomic E-state index is 5.79. The van der Waals surface area contributed by atoms with E-state index in [1.165, 1.54) is 41.6 Å². The fourth-order valence-electron chi connectivity index (χ4n) is 5.53. The van der Waals surface area contributed by atoms with Gasteiger partial charge in [0.05, 0.1) is 11.8 Å². The molecule has 1 heterocycles. The van der Waals surface area contributed by atoms with Crippen LogP contribution in [0.3, 0.4) is 0 Å². The highest BCUT2D eigenvalue weighted by Crippen LogP contribution is 2.34. The Bertz CT molecular complexity index is 1060. The number of nitrogens with zero attached hydrogens (tertiary/aromatic N) is 2. The number of hydrogen-bond acceptors (Lipinski definition) is 4. The van der Waals surface area contributed by atoms with Gasteiger partial charge >= 0.3 is 0 Å². The van der Waals surface area contributed by atoms with Crippen LogP contribution < -0.4 is 5.32 Å². The number of benzene rings is 2. The number of oxime groups is 1. The molecule has 1 N–H and O–H groups in total. The molecule has 38 heavy (non-hydrogen) atoms. The Morgan fingerprint density at radius 1 is 1.05 bits per heavy atom. The monoisotopic (exact) mass is 513 g/mol. The van der Waals surface area contributed by atoms with Crippen LogP contribution in [0.25, 0.3) is 0 Å². The van der Waals surface area contributed by atoms with Crippen molar-refractivity contribution in [3.63, 3.8) is 0 Å². The molecule has 4 nitrogen and oxygen atoms in total. The smallest absolute Gasteiger partial charge is 0.131 e. The molecule has 0 bridgehead atoms. The lowest BCUT2D eigenvalue weighted by Gasteiger charge is -2.35. The molecule has 1 saturated heterocycles. The Morgan fingerprint density at radius 2 is 1.76 bits per heavy atom. The van der Waals surface area contributed by atoms with Gasteiger partial charge < -0.3 is 15.1 Å². The van der Waals surface area contributed by atoms with Gasteiger partial charge in [-0.05, 0) is 82.5 Å². The van der Waals surface area contributed by atoms with Crippen LogP contribution >= 0.6 is 0 Å². The molecule has 0 spiro atoms. The van der Waals surface area contributed by atoms with Crippen molar-refractivity contribution in [1.82, 2.24) is 10.2 Å². The summed E-state index contributed by atoms with van der Waals surface area (Å²) in [4.78, 5) is 8.41. The van der Waals surface area contributed by atoms with E-state index in [1.807, 2.05) is 6.92 Å². The van der Waals surface area contributed by atoms with Crippen molar-refractivity contribution in [3.8, 4) is 0 Å². The lowest BCUT2D eigenvalue weighted by Crippen LogP contribution is -2.37. The first-order valence-corrected chi connectivity index (χ1v) is 14.7. The van der Waals surface area contributed by atoms with E-state index in [4.69, 9.17) is 4.84 Å². The second-order valence-corrected chi connectivity index (χ2v) is 11.3. The second-order valence-electron chi connectivity index (χ2n) is 11.3. The summed E-state index contributed by atoms with van der Waals surface area (Å²) in [6.07, 6.45) is 11.6. The molecule has 2 aromatic carbocycles. The van der Waals surface area contributed by atoms with Gasteiger partial charge in [-0.2, -0.15) is 0 Å². The number of likely N-dealkylation sites (tertiary alicyclic amines) is 1. The van der Waals surface area contributed by atoms with Gasteiger partial charge in [0.15, 0.2) is 0 Å². The summed E-state index contributed by atoms with van der Waals surface area (Å²) in [7, 11) is 0. The molecule has 0 aromatic heterocycles. The molecule has 2 aliphatic rings. The highest BCUT2D eigenvalue weighted by molar-refractivity contribution is 5.83. The maximum Gasteiger partial charge on any atom is 0.131 e. The third-order valence-electron chi connectivity index (χ3n) is 8.19. The molecular weight excluding hydrogens is 466 g/mol. The van der Waals surface area contributed by atoms with E-state index < -0.39 is 0 Å². The lowest BCUT2D eigenvalue weighted by molar-refractivity contribution is 0.131.